The zero-order valence-corrected chi connectivity index (χ0v) is 13.6. The van der Waals surface area contributed by atoms with Crippen molar-refractivity contribution in [2.75, 3.05) is 26.7 Å². The lowest BCUT2D eigenvalue weighted by Gasteiger charge is -2.45. The number of hydrogen-bond donors (Lipinski definition) is 1. The third kappa shape index (κ3) is 3.05. The number of likely N-dealkylation sites (N-methyl/N-ethyl adjacent to an activating group) is 1. The summed E-state index contributed by atoms with van der Waals surface area (Å²) in [6.45, 7) is 11.8. The Kier molecular flexibility index (Phi) is 4.84. The van der Waals surface area contributed by atoms with Crippen LogP contribution in [0.4, 0.5) is 0 Å². The fourth-order valence-electron chi connectivity index (χ4n) is 3.17. The van der Waals surface area contributed by atoms with Crippen molar-refractivity contribution in [3.63, 3.8) is 0 Å². The summed E-state index contributed by atoms with van der Waals surface area (Å²) >= 11 is 0. The molecule has 0 aliphatic carbocycles. The molecule has 1 saturated heterocycles. The molecule has 0 amide bonds. The van der Waals surface area contributed by atoms with Gasteiger partial charge in [-0.3, -0.25) is 9.80 Å². The molecule has 0 bridgehead atoms. The summed E-state index contributed by atoms with van der Waals surface area (Å²) in [5, 5.41) is 0. The lowest BCUT2D eigenvalue weighted by atomic mass is 9.97. The second kappa shape index (κ2) is 6.25. The van der Waals surface area contributed by atoms with E-state index in [0.717, 1.165) is 13.1 Å². The summed E-state index contributed by atoms with van der Waals surface area (Å²) in [4.78, 5) is 5.02. The zero-order chi connectivity index (χ0) is 14.9. The van der Waals surface area contributed by atoms with Crippen LogP contribution in [0.5, 0.6) is 0 Å². The Bertz CT molecular complexity index is 446. The van der Waals surface area contributed by atoms with Gasteiger partial charge in [-0.25, -0.2) is 0 Å². The van der Waals surface area contributed by atoms with Crippen LogP contribution in [0.2, 0.25) is 0 Å². The first-order valence-electron chi connectivity index (χ1n) is 7.67. The van der Waals surface area contributed by atoms with Gasteiger partial charge in [0.05, 0.1) is 0 Å². The van der Waals surface area contributed by atoms with E-state index in [1.165, 1.54) is 16.7 Å². The molecule has 0 aromatic heterocycles. The summed E-state index contributed by atoms with van der Waals surface area (Å²) < 4.78 is 0. The molecule has 3 nitrogen and oxygen atoms in total. The van der Waals surface area contributed by atoms with Crippen LogP contribution in [0.15, 0.2) is 18.2 Å². The average Bonchev–Trinajstić information content (AvgIpc) is 2.41. The van der Waals surface area contributed by atoms with Gasteiger partial charge < -0.3 is 5.73 Å². The van der Waals surface area contributed by atoms with Crippen LogP contribution in [0.25, 0.3) is 0 Å². The van der Waals surface area contributed by atoms with E-state index in [-0.39, 0.29) is 0 Å². The highest BCUT2D eigenvalue weighted by atomic mass is 15.3. The molecule has 2 rings (SSSR count). The molecule has 0 radical (unpaired) electrons. The largest absolute Gasteiger partial charge is 0.329 e. The second-order valence-corrected chi connectivity index (χ2v) is 6.41. The van der Waals surface area contributed by atoms with Crippen molar-refractivity contribution in [2.45, 2.75) is 45.8 Å². The predicted octanol–water partition coefficient (Wildman–Crippen LogP) is 2.33. The monoisotopic (exact) mass is 275 g/mol. The topological polar surface area (TPSA) is 32.5 Å². The molecular weight excluding hydrogens is 246 g/mol. The van der Waals surface area contributed by atoms with E-state index in [4.69, 9.17) is 5.73 Å². The van der Waals surface area contributed by atoms with E-state index in [1.54, 1.807) is 0 Å². The molecule has 0 spiro atoms. The van der Waals surface area contributed by atoms with E-state index in [9.17, 15) is 0 Å². The van der Waals surface area contributed by atoms with E-state index in [2.05, 4.69) is 62.7 Å². The number of benzene rings is 1. The van der Waals surface area contributed by atoms with Gasteiger partial charge in [0.25, 0.3) is 0 Å². The number of rotatable bonds is 3. The molecule has 1 aromatic carbocycles. The van der Waals surface area contributed by atoms with Gasteiger partial charge >= 0.3 is 0 Å². The summed E-state index contributed by atoms with van der Waals surface area (Å²) in [5.41, 5.74) is 10.2. The van der Waals surface area contributed by atoms with Crippen molar-refractivity contribution in [3.05, 3.63) is 34.9 Å². The smallest absolute Gasteiger partial charge is 0.0471 e. The summed E-state index contributed by atoms with van der Waals surface area (Å²) in [5.74, 6) is 0. The quantitative estimate of drug-likeness (QED) is 0.919. The van der Waals surface area contributed by atoms with Gasteiger partial charge in [0, 0.05) is 37.8 Å². The Hall–Kier alpha value is -0.900. The third-order valence-electron chi connectivity index (χ3n) is 4.97. The highest BCUT2D eigenvalue weighted by Crippen LogP contribution is 2.26. The first-order chi connectivity index (χ1) is 9.43. The van der Waals surface area contributed by atoms with Crippen LogP contribution in [-0.4, -0.2) is 48.6 Å². The number of nitrogens with zero attached hydrogens (tertiary/aromatic N) is 2. The second-order valence-electron chi connectivity index (χ2n) is 6.41. The maximum Gasteiger partial charge on any atom is 0.0471 e. The lowest BCUT2D eigenvalue weighted by Crippen LogP contribution is -2.56. The van der Waals surface area contributed by atoms with Crippen LogP contribution in [0.1, 0.15) is 36.6 Å². The standard InChI is InChI=1S/C17H29N3/c1-12-6-7-16(8-13(12)2)17(9-18)20-10-14(3)19(5)15(4)11-20/h6-8,14-15,17H,9-11,18H2,1-5H3. The molecule has 3 unspecified atom stereocenters. The normalized spacial score (nSPS) is 26.7. The fraction of sp³-hybridized carbons (Fsp3) is 0.647. The molecule has 20 heavy (non-hydrogen) atoms. The molecular formula is C17H29N3. The first-order valence-corrected chi connectivity index (χ1v) is 7.67. The molecule has 2 N–H and O–H groups in total. The van der Waals surface area contributed by atoms with Crippen LogP contribution >= 0.6 is 0 Å². The number of piperazine rings is 1. The van der Waals surface area contributed by atoms with Crippen LogP contribution in [0, 0.1) is 13.8 Å². The molecule has 112 valence electrons. The molecule has 1 aliphatic rings. The maximum absolute atomic E-state index is 6.09. The van der Waals surface area contributed by atoms with Crippen molar-refractivity contribution in [1.82, 2.24) is 9.80 Å². The molecule has 0 saturated carbocycles. The van der Waals surface area contributed by atoms with Gasteiger partial charge in [-0.2, -0.15) is 0 Å². The van der Waals surface area contributed by atoms with Gasteiger partial charge in [0.15, 0.2) is 0 Å². The van der Waals surface area contributed by atoms with Crippen molar-refractivity contribution >= 4 is 0 Å². The van der Waals surface area contributed by atoms with Gasteiger partial charge in [-0.1, -0.05) is 18.2 Å². The van der Waals surface area contributed by atoms with Gasteiger partial charge in [-0.05, 0) is 51.4 Å². The Labute approximate surface area is 123 Å². The predicted molar refractivity (Wildman–Crippen MR) is 86.0 cm³/mol. The zero-order valence-electron chi connectivity index (χ0n) is 13.6. The van der Waals surface area contributed by atoms with Gasteiger partial charge in [-0.15, -0.1) is 0 Å². The average molecular weight is 275 g/mol. The lowest BCUT2D eigenvalue weighted by molar-refractivity contribution is 0.0352. The minimum Gasteiger partial charge on any atom is -0.329 e. The van der Waals surface area contributed by atoms with E-state index in [0.29, 0.717) is 24.7 Å². The Morgan fingerprint density at radius 1 is 1.15 bits per heavy atom. The van der Waals surface area contributed by atoms with Crippen molar-refractivity contribution in [2.24, 2.45) is 5.73 Å². The van der Waals surface area contributed by atoms with Gasteiger partial charge in [0.1, 0.15) is 0 Å². The van der Waals surface area contributed by atoms with E-state index >= 15 is 0 Å². The maximum atomic E-state index is 6.09. The summed E-state index contributed by atoms with van der Waals surface area (Å²) in [6, 6.07) is 8.27. The summed E-state index contributed by atoms with van der Waals surface area (Å²) in [7, 11) is 2.22. The van der Waals surface area contributed by atoms with E-state index in [1.807, 2.05) is 0 Å². The molecule has 3 atom stereocenters. The highest BCUT2D eigenvalue weighted by molar-refractivity contribution is 5.32. The number of aryl methyl sites for hydroxylation is 2. The van der Waals surface area contributed by atoms with E-state index < -0.39 is 0 Å². The van der Waals surface area contributed by atoms with Crippen molar-refractivity contribution in [1.29, 1.82) is 0 Å². The Balaban J connectivity index is 2.21. The highest BCUT2D eigenvalue weighted by Gasteiger charge is 2.30. The molecule has 1 aromatic rings. The fourth-order valence-corrected chi connectivity index (χ4v) is 3.17. The van der Waals surface area contributed by atoms with Crippen molar-refractivity contribution in [3.8, 4) is 0 Å². The molecule has 1 fully saturated rings. The minimum atomic E-state index is 0.341. The van der Waals surface area contributed by atoms with Crippen molar-refractivity contribution < 1.29 is 0 Å². The Morgan fingerprint density at radius 2 is 1.75 bits per heavy atom. The SMILES string of the molecule is Cc1ccc(C(CN)N2CC(C)N(C)C(C)C2)cc1C. The number of nitrogens with two attached hydrogens (primary N) is 1. The van der Waals surface area contributed by atoms with Gasteiger partial charge in [0.2, 0.25) is 0 Å². The van der Waals surface area contributed by atoms with Crippen LogP contribution in [0.3, 0.4) is 0 Å². The Morgan fingerprint density at radius 3 is 2.25 bits per heavy atom. The molecule has 1 heterocycles. The van der Waals surface area contributed by atoms with Crippen LogP contribution < -0.4 is 5.73 Å². The first kappa shape index (κ1) is 15.5. The molecule has 1 aliphatic heterocycles. The third-order valence-corrected chi connectivity index (χ3v) is 4.97. The summed E-state index contributed by atoms with van der Waals surface area (Å²) in [6.07, 6.45) is 0. The minimum absolute atomic E-state index is 0.341. The molecule has 3 heteroatoms. The van der Waals surface area contributed by atoms with Crippen LogP contribution in [-0.2, 0) is 0 Å². The number of hydrogen-bond acceptors (Lipinski definition) is 3.